The molecule has 0 aromatic carbocycles. The third-order valence-corrected chi connectivity index (χ3v) is 5.46. The Kier molecular flexibility index (Phi) is 3.79. The van der Waals surface area contributed by atoms with Crippen LogP contribution in [0.3, 0.4) is 0 Å². The first kappa shape index (κ1) is 11.9. The maximum atomic E-state index is 5.77. The molecule has 1 aliphatic heterocycles. The number of rotatable bonds is 1. The molecule has 1 rings (SSSR count). The molecule has 0 amide bonds. The molecule has 0 aromatic rings. The van der Waals surface area contributed by atoms with Gasteiger partial charge in [0.2, 0.25) is 0 Å². The molecule has 1 aliphatic rings. The number of nitrogens with one attached hydrogen (secondary N) is 1. The van der Waals surface area contributed by atoms with Gasteiger partial charge in [-0.3, -0.25) is 0 Å². The van der Waals surface area contributed by atoms with Crippen LogP contribution in [0.5, 0.6) is 0 Å². The second-order valence-corrected chi connectivity index (χ2v) is 9.11. The second-order valence-electron chi connectivity index (χ2n) is 4.40. The van der Waals surface area contributed by atoms with Gasteiger partial charge in [-0.15, -0.1) is 0 Å². The molecule has 3 nitrogen and oxygen atoms in total. The summed E-state index contributed by atoms with van der Waals surface area (Å²) in [5.41, 5.74) is 0.0239. The zero-order chi connectivity index (χ0) is 10.1. The third-order valence-electron chi connectivity index (χ3n) is 1.58. The Morgan fingerprint density at radius 1 is 1.46 bits per heavy atom. The zero-order valence-electron chi connectivity index (χ0n) is 8.66. The van der Waals surface area contributed by atoms with E-state index in [1.807, 2.05) is 0 Å². The van der Waals surface area contributed by atoms with Crippen molar-refractivity contribution in [2.45, 2.75) is 45.8 Å². The van der Waals surface area contributed by atoms with E-state index in [1.165, 1.54) is 0 Å². The minimum atomic E-state index is -1.92. The van der Waals surface area contributed by atoms with E-state index in [0.29, 0.717) is 0 Å². The van der Waals surface area contributed by atoms with Gasteiger partial charge in [0.15, 0.2) is 0 Å². The molecule has 1 heterocycles. The van der Waals surface area contributed by atoms with Crippen LogP contribution in [0.1, 0.15) is 34.1 Å². The summed E-state index contributed by atoms with van der Waals surface area (Å²) >= 11 is 3.03. The van der Waals surface area contributed by atoms with E-state index in [0.717, 1.165) is 13.0 Å². The second kappa shape index (κ2) is 4.14. The van der Waals surface area contributed by atoms with Crippen molar-refractivity contribution in [1.82, 2.24) is 5.09 Å². The van der Waals surface area contributed by atoms with Gasteiger partial charge in [0.1, 0.15) is 0 Å². The fourth-order valence-corrected chi connectivity index (χ4v) is 6.17. The molecule has 0 saturated carbocycles. The monoisotopic (exact) mass is 271 g/mol. The van der Waals surface area contributed by atoms with Gasteiger partial charge in [0, 0.05) is 0 Å². The van der Waals surface area contributed by atoms with E-state index in [9.17, 15) is 0 Å². The quantitative estimate of drug-likeness (QED) is 0.584. The van der Waals surface area contributed by atoms with Gasteiger partial charge < -0.3 is 0 Å². The Morgan fingerprint density at radius 3 is 2.54 bits per heavy atom. The molecule has 0 bridgehead atoms. The molecule has 1 N–H and O–H groups in total. The Balaban J connectivity index is 2.60. The number of hydrogen-bond donors (Lipinski definition) is 1. The van der Waals surface area contributed by atoms with Crippen molar-refractivity contribution in [3.05, 3.63) is 0 Å². The molecule has 2 atom stereocenters. The summed E-state index contributed by atoms with van der Waals surface area (Å²) in [7, 11) is 0. The van der Waals surface area contributed by atoms with E-state index in [-0.39, 0.29) is 11.6 Å². The molecule has 78 valence electrons. The van der Waals surface area contributed by atoms with Gasteiger partial charge in [-0.1, -0.05) is 0 Å². The van der Waals surface area contributed by atoms with Gasteiger partial charge in [0.25, 0.3) is 0 Å². The van der Waals surface area contributed by atoms with Crippen molar-refractivity contribution in [3.8, 4) is 0 Å². The van der Waals surface area contributed by atoms with Gasteiger partial charge >= 0.3 is 87.7 Å². The van der Waals surface area contributed by atoms with Crippen molar-refractivity contribution in [2.75, 3.05) is 6.61 Å². The summed E-state index contributed by atoms with van der Waals surface area (Å²) in [5, 5.41) is 3.38. The topological polar surface area (TPSA) is 30.5 Å². The Bertz CT molecular complexity index is 227. The van der Waals surface area contributed by atoms with Gasteiger partial charge in [-0.05, 0) is 0 Å². The summed E-state index contributed by atoms with van der Waals surface area (Å²) in [6.45, 7) is 9.19. The first-order chi connectivity index (χ1) is 5.81. The molecular weight excluding hydrogens is 252 g/mol. The summed E-state index contributed by atoms with van der Waals surface area (Å²) in [6.07, 6.45) is -0.645. The molecule has 0 aliphatic carbocycles. The van der Waals surface area contributed by atoms with E-state index in [1.54, 1.807) is 0 Å². The van der Waals surface area contributed by atoms with Crippen molar-refractivity contribution in [3.63, 3.8) is 0 Å². The van der Waals surface area contributed by atoms with Gasteiger partial charge in [0.05, 0.1) is 0 Å². The molecule has 0 spiro atoms. The van der Waals surface area contributed by atoms with Crippen LogP contribution in [0.2, 0.25) is 0 Å². The Morgan fingerprint density at radius 2 is 2.08 bits per heavy atom. The first-order valence-corrected chi connectivity index (χ1v) is 8.37. The van der Waals surface area contributed by atoms with Crippen LogP contribution in [-0.2, 0) is 9.05 Å². The van der Waals surface area contributed by atoms with E-state index in [2.05, 4.69) is 47.9 Å². The Hall–Kier alpha value is 0.829. The minimum absolute atomic E-state index is 0.0239. The average Bonchev–Trinajstić information content (AvgIpc) is 1.79. The molecule has 0 aromatic heterocycles. The molecule has 0 radical (unpaired) electrons. The fourth-order valence-electron chi connectivity index (χ4n) is 1.13. The molecule has 13 heavy (non-hydrogen) atoms. The SMILES string of the molecule is C[C@H]1CCO[P@@](=[Se])(NC(C)(C)C)O1. The van der Waals surface area contributed by atoms with Crippen molar-refractivity contribution in [2.24, 2.45) is 0 Å². The summed E-state index contributed by atoms with van der Waals surface area (Å²) in [6, 6.07) is 0. The van der Waals surface area contributed by atoms with Crippen LogP contribution < -0.4 is 5.09 Å². The van der Waals surface area contributed by atoms with Crippen LogP contribution in [0, 0.1) is 0 Å². The first-order valence-electron chi connectivity index (χ1n) is 4.53. The molecule has 1 saturated heterocycles. The average molecular weight is 270 g/mol. The zero-order valence-corrected chi connectivity index (χ0v) is 11.3. The summed E-state index contributed by atoms with van der Waals surface area (Å²) in [5.74, 6) is 0. The standard InChI is InChI=1S/C8H18NO2PSe/c1-7-5-6-10-12(13,11-7)9-8(2,3)4/h7H,5-6H2,1-4H3,(H,9,13)/t7-,12-/m0/s1. The molecule has 0 unspecified atom stereocenters. The predicted octanol–water partition coefficient (Wildman–Crippen LogP) is 2.05. The molecule has 5 heteroatoms. The van der Waals surface area contributed by atoms with Crippen LogP contribution >= 0.6 is 6.11 Å². The summed E-state index contributed by atoms with van der Waals surface area (Å²) in [4.78, 5) is 0. The maximum absolute atomic E-state index is 5.77. The van der Waals surface area contributed by atoms with Crippen LogP contribution in [0.25, 0.3) is 0 Å². The normalized spacial score (nSPS) is 36.2. The van der Waals surface area contributed by atoms with E-state index >= 15 is 0 Å². The molecular formula is C8H18NO2PSe. The van der Waals surface area contributed by atoms with Crippen molar-refractivity contribution >= 4 is 21.2 Å². The predicted molar refractivity (Wildman–Crippen MR) is 56.7 cm³/mol. The van der Waals surface area contributed by atoms with Crippen LogP contribution in [0.4, 0.5) is 0 Å². The van der Waals surface area contributed by atoms with E-state index in [4.69, 9.17) is 9.05 Å². The third kappa shape index (κ3) is 4.24. The van der Waals surface area contributed by atoms with Crippen molar-refractivity contribution in [1.29, 1.82) is 0 Å². The van der Waals surface area contributed by atoms with Gasteiger partial charge in [-0.2, -0.15) is 0 Å². The van der Waals surface area contributed by atoms with Crippen LogP contribution in [0.15, 0.2) is 0 Å². The summed E-state index contributed by atoms with van der Waals surface area (Å²) < 4.78 is 11.4. The molecule has 1 fully saturated rings. The Labute approximate surface area is 88.0 Å². The van der Waals surface area contributed by atoms with E-state index < -0.39 is 6.11 Å². The fraction of sp³-hybridized carbons (Fsp3) is 1.00. The van der Waals surface area contributed by atoms with Crippen LogP contribution in [-0.4, -0.2) is 33.3 Å². The number of hydrogen-bond acceptors (Lipinski definition) is 3. The van der Waals surface area contributed by atoms with Gasteiger partial charge in [-0.25, -0.2) is 0 Å². The van der Waals surface area contributed by atoms with Crippen molar-refractivity contribution < 1.29 is 9.05 Å².